The number of carbonyl (C=O) groups is 1. The molecule has 3 nitrogen and oxygen atoms in total. The molecular weight excluding hydrogens is 304 g/mol. The summed E-state index contributed by atoms with van der Waals surface area (Å²) in [6.45, 7) is 0.608. The minimum Gasteiger partial charge on any atom is -0.352 e. The largest absolute Gasteiger partial charge is 0.352 e. The van der Waals surface area contributed by atoms with Crippen LogP contribution < -0.4 is 5.32 Å². The molecule has 0 fully saturated rings. The Morgan fingerprint density at radius 2 is 1.87 bits per heavy atom. The van der Waals surface area contributed by atoms with Crippen LogP contribution in [0.1, 0.15) is 16.7 Å². The van der Waals surface area contributed by atoms with E-state index in [0.717, 1.165) is 28.2 Å². The monoisotopic (exact) mass is 322 g/mol. The van der Waals surface area contributed by atoms with Gasteiger partial charge in [-0.15, -0.1) is 0 Å². The quantitative estimate of drug-likeness (QED) is 0.626. The fourth-order valence-electron chi connectivity index (χ4n) is 1.98. The van der Waals surface area contributed by atoms with Crippen LogP contribution in [0.2, 0.25) is 0 Å². The zero-order valence-electron chi connectivity index (χ0n) is 12.7. The summed E-state index contributed by atoms with van der Waals surface area (Å²) in [6.07, 6.45) is 3.34. The summed E-state index contributed by atoms with van der Waals surface area (Å²) in [7, 11) is 0. The number of amides is 1. The average Bonchev–Trinajstić information content (AvgIpc) is 2.61. The number of hydrogen-bond donors (Lipinski definition) is 1. The van der Waals surface area contributed by atoms with Gasteiger partial charge in [0.05, 0.1) is 11.6 Å². The second-order valence-electron chi connectivity index (χ2n) is 4.86. The van der Waals surface area contributed by atoms with Crippen molar-refractivity contribution in [2.24, 2.45) is 0 Å². The summed E-state index contributed by atoms with van der Waals surface area (Å²) in [5.41, 5.74) is 2.76. The second-order valence-corrected chi connectivity index (χ2v) is 5.96. The molecule has 0 radical (unpaired) electrons. The van der Waals surface area contributed by atoms with Crippen LogP contribution in [0, 0.1) is 11.3 Å². The zero-order valence-corrected chi connectivity index (χ0v) is 13.6. The summed E-state index contributed by atoms with van der Waals surface area (Å²) in [4.78, 5) is 11.7. The van der Waals surface area contributed by atoms with Crippen molar-refractivity contribution >= 4 is 23.7 Å². The molecule has 23 heavy (non-hydrogen) atoms. The van der Waals surface area contributed by atoms with Gasteiger partial charge < -0.3 is 5.32 Å². The Kier molecular flexibility index (Phi) is 6.96. The Bertz CT molecular complexity index is 705. The van der Waals surface area contributed by atoms with Crippen LogP contribution in [0.3, 0.4) is 0 Å². The number of hydrogen-bond acceptors (Lipinski definition) is 3. The van der Waals surface area contributed by atoms with Gasteiger partial charge in [-0.25, -0.2) is 0 Å². The van der Waals surface area contributed by atoms with Gasteiger partial charge in [-0.1, -0.05) is 48.5 Å². The van der Waals surface area contributed by atoms with Crippen LogP contribution in [-0.4, -0.2) is 18.2 Å². The third-order valence-electron chi connectivity index (χ3n) is 3.17. The smallest absolute Gasteiger partial charge is 0.244 e. The molecule has 2 aromatic rings. The molecule has 0 aliphatic rings. The molecule has 0 heterocycles. The Hall–Kier alpha value is -2.51. The van der Waals surface area contributed by atoms with Gasteiger partial charge in [0.1, 0.15) is 0 Å². The zero-order chi connectivity index (χ0) is 16.3. The fourth-order valence-corrected chi connectivity index (χ4v) is 2.84. The van der Waals surface area contributed by atoms with Crippen LogP contribution in [0.25, 0.3) is 6.08 Å². The van der Waals surface area contributed by atoms with Crippen molar-refractivity contribution in [3.8, 4) is 6.07 Å². The van der Waals surface area contributed by atoms with E-state index in [0.29, 0.717) is 6.54 Å². The first kappa shape index (κ1) is 16.9. The highest BCUT2D eigenvalue weighted by molar-refractivity contribution is 7.98. The lowest BCUT2D eigenvalue weighted by Crippen LogP contribution is -2.23. The average molecular weight is 322 g/mol. The van der Waals surface area contributed by atoms with Crippen molar-refractivity contribution in [1.82, 2.24) is 5.32 Å². The van der Waals surface area contributed by atoms with E-state index in [4.69, 9.17) is 5.26 Å². The summed E-state index contributed by atoms with van der Waals surface area (Å²) >= 11 is 1.70. The van der Waals surface area contributed by atoms with Crippen molar-refractivity contribution in [3.05, 3.63) is 77.4 Å². The standard InChI is InChI=1S/C19H18N2OS/c20-14-17-8-4-5-9-18(17)15-23-13-12-21-19(22)11-10-16-6-2-1-3-7-16/h1-11H,12-13,15H2,(H,21,22)/b11-10+. The van der Waals surface area contributed by atoms with Gasteiger partial charge in [0.25, 0.3) is 0 Å². The molecule has 2 rings (SSSR count). The minimum absolute atomic E-state index is 0.0909. The number of nitrogens with zero attached hydrogens (tertiary/aromatic N) is 1. The van der Waals surface area contributed by atoms with E-state index in [1.54, 1.807) is 23.9 Å². The predicted octanol–water partition coefficient (Wildman–Crippen LogP) is 3.62. The molecule has 2 aromatic carbocycles. The molecule has 0 unspecified atom stereocenters. The second kappa shape index (κ2) is 9.50. The first-order chi connectivity index (χ1) is 11.3. The van der Waals surface area contributed by atoms with E-state index >= 15 is 0 Å². The van der Waals surface area contributed by atoms with E-state index in [2.05, 4.69) is 11.4 Å². The van der Waals surface area contributed by atoms with Crippen LogP contribution in [0.5, 0.6) is 0 Å². The summed E-state index contributed by atoms with van der Waals surface area (Å²) in [5, 5.41) is 11.9. The first-order valence-corrected chi connectivity index (χ1v) is 8.52. The maximum atomic E-state index is 11.7. The molecule has 0 aliphatic heterocycles. The van der Waals surface area contributed by atoms with Crippen molar-refractivity contribution < 1.29 is 4.79 Å². The highest BCUT2D eigenvalue weighted by Crippen LogP contribution is 2.15. The Morgan fingerprint density at radius 1 is 1.13 bits per heavy atom. The highest BCUT2D eigenvalue weighted by Gasteiger charge is 2.01. The van der Waals surface area contributed by atoms with Crippen LogP contribution in [-0.2, 0) is 10.5 Å². The molecule has 1 amide bonds. The van der Waals surface area contributed by atoms with Crippen LogP contribution >= 0.6 is 11.8 Å². The van der Waals surface area contributed by atoms with E-state index in [1.807, 2.05) is 54.6 Å². The summed E-state index contributed by atoms with van der Waals surface area (Å²) in [6, 6.07) is 19.5. The van der Waals surface area contributed by atoms with Gasteiger partial charge in [0, 0.05) is 24.1 Å². The fraction of sp³-hybridized carbons (Fsp3) is 0.158. The third-order valence-corrected chi connectivity index (χ3v) is 4.18. The van der Waals surface area contributed by atoms with Crippen molar-refractivity contribution in [2.45, 2.75) is 5.75 Å². The van der Waals surface area contributed by atoms with E-state index < -0.39 is 0 Å². The molecule has 0 saturated heterocycles. The van der Waals surface area contributed by atoms with E-state index in [9.17, 15) is 4.79 Å². The predicted molar refractivity (Wildman–Crippen MR) is 95.8 cm³/mol. The minimum atomic E-state index is -0.0909. The van der Waals surface area contributed by atoms with Crippen molar-refractivity contribution in [3.63, 3.8) is 0 Å². The van der Waals surface area contributed by atoms with Crippen LogP contribution in [0.15, 0.2) is 60.7 Å². The van der Waals surface area contributed by atoms with Gasteiger partial charge in [-0.2, -0.15) is 17.0 Å². The molecule has 0 saturated carbocycles. The molecule has 0 bridgehead atoms. The van der Waals surface area contributed by atoms with E-state index in [1.165, 1.54) is 0 Å². The molecule has 0 aromatic heterocycles. The summed E-state index contributed by atoms with van der Waals surface area (Å²) in [5.74, 6) is 1.50. The number of rotatable bonds is 7. The van der Waals surface area contributed by atoms with Gasteiger partial charge in [-0.05, 0) is 23.3 Å². The molecule has 0 atom stereocenters. The normalized spacial score (nSPS) is 10.4. The lowest BCUT2D eigenvalue weighted by molar-refractivity contribution is -0.116. The Labute approximate surface area is 141 Å². The Morgan fingerprint density at radius 3 is 2.65 bits per heavy atom. The number of nitriles is 1. The molecule has 4 heteroatoms. The lowest BCUT2D eigenvalue weighted by Gasteiger charge is -2.04. The molecule has 0 spiro atoms. The van der Waals surface area contributed by atoms with Crippen LogP contribution in [0.4, 0.5) is 0 Å². The molecular formula is C19H18N2OS. The lowest BCUT2D eigenvalue weighted by atomic mass is 10.1. The van der Waals surface area contributed by atoms with Gasteiger partial charge in [0.15, 0.2) is 0 Å². The third kappa shape index (κ3) is 6.01. The SMILES string of the molecule is N#Cc1ccccc1CSCCNC(=O)/C=C/c1ccccc1. The topological polar surface area (TPSA) is 52.9 Å². The van der Waals surface area contributed by atoms with Gasteiger partial charge in [-0.3, -0.25) is 4.79 Å². The summed E-state index contributed by atoms with van der Waals surface area (Å²) < 4.78 is 0. The number of carbonyl (C=O) groups excluding carboxylic acids is 1. The molecule has 0 aliphatic carbocycles. The maximum Gasteiger partial charge on any atom is 0.244 e. The molecule has 116 valence electrons. The van der Waals surface area contributed by atoms with E-state index in [-0.39, 0.29) is 5.91 Å². The van der Waals surface area contributed by atoms with Gasteiger partial charge in [0.2, 0.25) is 5.91 Å². The first-order valence-electron chi connectivity index (χ1n) is 7.36. The highest BCUT2D eigenvalue weighted by atomic mass is 32.2. The number of thioether (sulfide) groups is 1. The maximum absolute atomic E-state index is 11.7. The number of nitrogens with one attached hydrogen (secondary N) is 1. The Balaban J connectivity index is 1.66. The van der Waals surface area contributed by atoms with Crippen molar-refractivity contribution in [2.75, 3.05) is 12.3 Å². The van der Waals surface area contributed by atoms with Crippen molar-refractivity contribution in [1.29, 1.82) is 5.26 Å². The van der Waals surface area contributed by atoms with Gasteiger partial charge >= 0.3 is 0 Å². The number of benzene rings is 2. The molecule has 1 N–H and O–H groups in total.